The van der Waals surface area contributed by atoms with Gasteiger partial charge in [0.1, 0.15) is 60.6 Å². The van der Waals surface area contributed by atoms with Gasteiger partial charge >= 0.3 is 13.6 Å². The molecule has 62 heavy (non-hydrogen) atoms. The van der Waals surface area contributed by atoms with Gasteiger partial charge in [-0.25, -0.2) is 38.7 Å². The number of nitrogen functional groups attached to an aromatic ring is 1. The molecule has 8 heterocycles. The van der Waals surface area contributed by atoms with E-state index in [1.807, 2.05) is 0 Å². The first-order chi connectivity index (χ1) is 28.9. The fourth-order valence-corrected chi connectivity index (χ4v) is 12.7. The zero-order chi connectivity index (χ0) is 44.8. The quantitative estimate of drug-likeness (QED) is 0.0820. The number of aromatic nitrogens is 8. The topological polar surface area (TPSA) is 233 Å². The van der Waals surface area contributed by atoms with Crippen molar-refractivity contribution >= 4 is 88.3 Å². The van der Waals surface area contributed by atoms with Crippen molar-refractivity contribution in [2.75, 3.05) is 37.0 Å². The summed E-state index contributed by atoms with van der Waals surface area (Å²) in [5.74, 6) is 0.819. The number of anilines is 2. The Kier molecular flexibility index (Phi) is 12.5. The summed E-state index contributed by atoms with van der Waals surface area (Å²) in [6.07, 6.45) is -2.21. The van der Waals surface area contributed by atoms with Crippen LogP contribution in [0.25, 0.3) is 22.2 Å². The van der Waals surface area contributed by atoms with Gasteiger partial charge in [-0.2, -0.15) is 5.10 Å². The lowest BCUT2D eigenvalue weighted by atomic mass is 10.1. The van der Waals surface area contributed by atoms with Gasteiger partial charge in [0.15, 0.2) is 37.9 Å². The van der Waals surface area contributed by atoms with Crippen LogP contribution < -0.4 is 11.1 Å². The minimum absolute atomic E-state index is 0.0527. The van der Waals surface area contributed by atoms with Crippen LogP contribution in [-0.4, -0.2) is 118 Å². The molecule has 3 fully saturated rings. The van der Waals surface area contributed by atoms with Crippen LogP contribution >= 0.6 is 38.1 Å². The molecule has 20 nitrogen and oxygen atoms in total. The predicted molar refractivity (Wildman–Crippen MR) is 244 cm³/mol. The summed E-state index contributed by atoms with van der Waals surface area (Å²) in [7, 11) is -4.76. The predicted octanol–water partition coefficient (Wildman–Crippen LogP) is 7.12. The van der Waals surface area contributed by atoms with Crippen molar-refractivity contribution in [2.24, 2.45) is 0 Å². The van der Waals surface area contributed by atoms with E-state index >= 15 is 0 Å². The van der Waals surface area contributed by atoms with E-state index in [1.165, 1.54) is 19.0 Å². The summed E-state index contributed by atoms with van der Waals surface area (Å²) in [5, 5.41) is 8.84. The summed E-state index contributed by atoms with van der Waals surface area (Å²) in [4.78, 5) is 22.0. The smallest absolute Gasteiger partial charge is 0.386 e. The molecule has 4 aromatic heterocycles. The minimum Gasteiger partial charge on any atom is -0.406 e. The molecule has 2 bridgehead atoms. The van der Waals surface area contributed by atoms with E-state index in [2.05, 4.69) is 122 Å². The summed E-state index contributed by atoms with van der Waals surface area (Å²) in [6, 6.07) is 0. The number of nitrogens with two attached hydrogens (primary N) is 1. The highest BCUT2D eigenvalue weighted by Crippen LogP contribution is 2.61. The van der Waals surface area contributed by atoms with Crippen LogP contribution in [0.15, 0.2) is 19.0 Å². The minimum atomic E-state index is -4.34. The molecule has 8 rings (SSSR count). The monoisotopic (exact) mass is 972 g/mol. The molecule has 3 saturated heterocycles. The Balaban J connectivity index is 1.19. The summed E-state index contributed by atoms with van der Waals surface area (Å²) < 4.78 is 85.1. The number of nitrogens with zero attached hydrogens (tertiary/aromatic N) is 8. The molecule has 0 spiro atoms. The average Bonchev–Trinajstić information content (AvgIpc) is 3.89. The number of imidazole rings is 1. The highest BCUT2D eigenvalue weighted by Gasteiger charge is 2.57. The number of thiol groups is 2. The third-order valence-corrected chi connectivity index (χ3v) is 25.8. The van der Waals surface area contributed by atoms with Crippen molar-refractivity contribution in [3.8, 4) is 0 Å². The first-order valence-corrected chi connectivity index (χ1v) is 32.2. The van der Waals surface area contributed by atoms with Crippen molar-refractivity contribution in [1.29, 1.82) is 0 Å². The molecule has 3 N–H and O–H groups in total. The number of aryl methyl sites for hydroxylation is 1. The number of hydrogen-bond donors (Lipinski definition) is 4. The number of nitrogens with one attached hydrogen (secondary N) is 1. The fourth-order valence-electron chi connectivity index (χ4n) is 7.46. The van der Waals surface area contributed by atoms with E-state index in [0.29, 0.717) is 35.3 Å². The van der Waals surface area contributed by atoms with Crippen LogP contribution in [-0.2, 0) is 52.3 Å². The van der Waals surface area contributed by atoms with Gasteiger partial charge < -0.3 is 29.7 Å². The number of fused-ring (bicyclic) bond motifs is 4. The van der Waals surface area contributed by atoms with Crippen molar-refractivity contribution in [3.05, 3.63) is 24.7 Å². The molecule has 4 aliphatic rings. The van der Waals surface area contributed by atoms with Crippen molar-refractivity contribution < 1.29 is 45.9 Å². The Hall–Kier alpha value is -2.03. The molecule has 0 aliphatic carbocycles. The third-order valence-electron chi connectivity index (χ3n) is 13.1. The number of hydrogen-bond acceptors (Lipinski definition) is 18. The average molecular weight is 973 g/mol. The normalized spacial score (nSPS) is 32.8. The van der Waals surface area contributed by atoms with Gasteiger partial charge in [-0.05, 0) is 36.0 Å². The Morgan fingerprint density at radius 1 is 0.855 bits per heavy atom. The first kappa shape index (κ1) is 46.5. The lowest BCUT2D eigenvalue weighted by Crippen LogP contribution is -2.49. The molecule has 0 aromatic carbocycles. The van der Waals surface area contributed by atoms with Gasteiger partial charge in [0, 0.05) is 12.8 Å². The highest BCUT2D eigenvalue weighted by atomic mass is 32.7. The van der Waals surface area contributed by atoms with Gasteiger partial charge in [-0.1, -0.05) is 79.1 Å². The first-order valence-electron chi connectivity index (χ1n) is 20.7. The standard InChI is InChI=1S/C36H58N10O10P2S2Si2/c1-35(2,3)61(7,8)19-49-25-21-14-50-57(47,59)54-26-22(15-51-58(48,60)55-27(25)33(52-21)45-18-43-24-29(37)39-16-42-32(24)45)53-34(28(26)56-62(9,10)36(4,5)6)46-31-23-20(44-46)12-11-13-38-30(23)40-17-41-31/h16-18,21-22,25-28,33-34H,11-15,19H2,1-10H3,(H,47,59)(H,48,60)(H2,37,39,42)(H,38,40,41)/t21-,22-,25-,26-,27-,28-,33-,34-,57?,58?/m1/s1. The Labute approximate surface area is 373 Å². The second-order valence-electron chi connectivity index (χ2n) is 19.5. The van der Waals surface area contributed by atoms with Crippen LogP contribution in [0.1, 0.15) is 66.1 Å². The molecule has 4 aromatic rings. The van der Waals surface area contributed by atoms with Gasteiger partial charge in [-0.15, -0.1) is 0 Å². The molecule has 26 heteroatoms. The van der Waals surface area contributed by atoms with Crippen molar-refractivity contribution in [2.45, 2.75) is 140 Å². The molecule has 10 atom stereocenters. The summed E-state index contributed by atoms with van der Waals surface area (Å²) >= 11 is 9.07. The van der Waals surface area contributed by atoms with Crippen molar-refractivity contribution in [1.82, 2.24) is 39.3 Å². The second-order valence-corrected chi connectivity index (χ2v) is 35.5. The zero-order valence-electron chi connectivity index (χ0n) is 36.6. The van der Waals surface area contributed by atoms with Crippen LogP contribution in [0.4, 0.5) is 11.6 Å². The van der Waals surface area contributed by atoms with Crippen molar-refractivity contribution in [3.63, 3.8) is 0 Å². The molecule has 4 aliphatic heterocycles. The van der Waals surface area contributed by atoms with E-state index in [0.717, 1.165) is 24.0 Å². The van der Waals surface area contributed by atoms with E-state index < -0.39 is 85.7 Å². The van der Waals surface area contributed by atoms with E-state index in [-0.39, 0.29) is 22.5 Å². The molecular weight excluding hydrogens is 915 g/mol. The van der Waals surface area contributed by atoms with Crippen LogP contribution in [0.5, 0.6) is 0 Å². The lowest BCUT2D eigenvalue weighted by Gasteiger charge is -2.40. The third kappa shape index (κ3) is 8.95. The molecule has 0 amide bonds. The van der Waals surface area contributed by atoms with Gasteiger partial charge in [-0.3, -0.25) is 22.7 Å². The lowest BCUT2D eigenvalue weighted by molar-refractivity contribution is -0.0600. The Morgan fingerprint density at radius 2 is 1.50 bits per heavy atom. The number of rotatable bonds is 7. The van der Waals surface area contributed by atoms with Crippen LogP contribution in [0.2, 0.25) is 36.3 Å². The largest absolute Gasteiger partial charge is 0.406 e. The summed E-state index contributed by atoms with van der Waals surface area (Å²) in [5.41, 5.74) is 8.11. The Morgan fingerprint density at radius 3 is 2.19 bits per heavy atom. The molecule has 2 unspecified atom stereocenters. The molecular formula is C36H58N10O10P2S2Si2. The molecule has 0 radical (unpaired) electrons. The SMILES string of the molecule is CC(C)(C)[Si](C)(C)CO[C@H]1[C@H]2OP(=O)(S)OC[C@H]3O[C@@H](n4nc5c6c(ncnc64)NCCC5)[C@H](O[Si](C)(C)C(C)(C)C)[C@@H]3OP(=O)(S)OC[C@H]1O[C@H]2n1cnc2c(N)ncnc21. The highest BCUT2D eigenvalue weighted by molar-refractivity contribution is 8.44. The molecule has 0 saturated carbocycles. The maximum Gasteiger partial charge on any atom is 0.386 e. The maximum absolute atomic E-state index is 14.7. The van der Waals surface area contributed by atoms with E-state index in [1.54, 1.807) is 9.25 Å². The summed E-state index contributed by atoms with van der Waals surface area (Å²) in [6.45, 7) is 12.8. The fraction of sp³-hybridized carbons (Fsp3) is 0.722. The van der Waals surface area contributed by atoms with Crippen LogP contribution in [0.3, 0.4) is 0 Å². The van der Waals surface area contributed by atoms with Crippen LogP contribution in [0, 0.1) is 0 Å². The van der Waals surface area contributed by atoms with Gasteiger partial charge in [0.25, 0.3) is 0 Å². The van der Waals surface area contributed by atoms with E-state index in [4.69, 9.17) is 47.6 Å². The second kappa shape index (κ2) is 16.7. The molecule has 342 valence electrons. The zero-order valence-corrected chi connectivity index (χ0v) is 42.2. The van der Waals surface area contributed by atoms with Gasteiger partial charge in [0.2, 0.25) is 0 Å². The van der Waals surface area contributed by atoms with E-state index in [9.17, 15) is 9.13 Å². The Bertz CT molecular complexity index is 2420. The maximum atomic E-state index is 14.7. The number of ether oxygens (including phenoxy) is 3. The van der Waals surface area contributed by atoms with Gasteiger partial charge in [0.05, 0.1) is 38.7 Å².